The van der Waals surface area contributed by atoms with Gasteiger partial charge in [0.05, 0.1) is 0 Å². The van der Waals surface area contributed by atoms with E-state index < -0.39 is 5.91 Å². The third-order valence-electron chi connectivity index (χ3n) is 2.11. The second kappa shape index (κ2) is 5.36. The summed E-state index contributed by atoms with van der Waals surface area (Å²) in [6, 6.07) is 7.00. The number of carbonyl (C=O) groups excluding carboxylic acids is 1. The zero-order valence-electron chi connectivity index (χ0n) is 8.73. The molecule has 4 heteroatoms. The van der Waals surface area contributed by atoms with Crippen LogP contribution in [0.5, 0.6) is 0 Å². The zero-order valence-corrected chi connectivity index (χ0v) is 8.73. The lowest BCUT2D eigenvalue weighted by molar-refractivity contribution is 0.100. The number of nitrogens with two attached hydrogens (primary N) is 1. The lowest BCUT2D eigenvalue weighted by Gasteiger charge is -2.11. The van der Waals surface area contributed by atoms with E-state index in [2.05, 4.69) is 5.32 Å². The molecule has 0 aliphatic heterocycles. The molecule has 0 radical (unpaired) electrons. The molecule has 0 saturated heterocycles. The van der Waals surface area contributed by atoms with Crippen molar-refractivity contribution in [3.05, 3.63) is 29.8 Å². The van der Waals surface area contributed by atoms with E-state index in [1.165, 1.54) is 0 Å². The fraction of sp³-hybridized carbons (Fsp3) is 0.364. The molecule has 0 aliphatic rings. The summed E-state index contributed by atoms with van der Waals surface area (Å²) in [6.07, 6.45) is 0. The minimum absolute atomic E-state index is 0.141. The molecule has 82 valence electrons. The minimum atomic E-state index is -0.436. The van der Waals surface area contributed by atoms with Crippen molar-refractivity contribution in [1.82, 2.24) is 0 Å². The number of primary amides is 1. The number of hydrogen-bond donors (Lipinski definition) is 3. The summed E-state index contributed by atoms with van der Waals surface area (Å²) in [5.74, 6) is -0.254. The Morgan fingerprint density at radius 3 is 2.93 bits per heavy atom. The largest absolute Gasteiger partial charge is 0.396 e. The van der Waals surface area contributed by atoms with Crippen molar-refractivity contribution in [2.24, 2.45) is 11.7 Å². The van der Waals surface area contributed by atoms with Crippen LogP contribution in [0.2, 0.25) is 0 Å². The molecule has 1 aromatic carbocycles. The van der Waals surface area contributed by atoms with E-state index in [4.69, 9.17) is 10.8 Å². The van der Waals surface area contributed by atoms with E-state index in [1.807, 2.05) is 13.0 Å². The lowest BCUT2D eigenvalue weighted by atomic mass is 10.1. The Balaban J connectivity index is 2.62. The summed E-state index contributed by atoms with van der Waals surface area (Å²) < 4.78 is 0. The molecule has 1 amide bonds. The highest BCUT2D eigenvalue weighted by Gasteiger charge is 2.02. The maximum absolute atomic E-state index is 10.9. The van der Waals surface area contributed by atoms with E-state index >= 15 is 0 Å². The second-order valence-corrected chi connectivity index (χ2v) is 3.61. The highest BCUT2D eigenvalue weighted by atomic mass is 16.3. The number of nitrogens with one attached hydrogen (secondary N) is 1. The molecular formula is C11H16N2O2. The SMILES string of the molecule is CC(CO)CNc1cccc(C(N)=O)c1. The maximum atomic E-state index is 10.9. The highest BCUT2D eigenvalue weighted by Crippen LogP contribution is 2.10. The van der Waals surface area contributed by atoms with Crippen LogP contribution in [0, 0.1) is 5.92 Å². The van der Waals surface area contributed by atoms with E-state index in [0.717, 1.165) is 5.69 Å². The van der Waals surface area contributed by atoms with Gasteiger partial charge in [0, 0.05) is 24.4 Å². The van der Waals surface area contributed by atoms with E-state index in [0.29, 0.717) is 12.1 Å². The number of benzene rings is 1. The van der Waals surface area contributed by atoms with Crippen LogP contribution in [0.15, 0.2) is 24.3 Å². The van der Waals surface area contributed by atoms with Crippen molar-refractivity contribution in [1.29, 1.82) is 0 Å². The fourth-order valence-corrected chi connectivity index (χ4v) is 1.14. The van der Waals surface area contributed by atoms with Crippen LogP contribution in [-0.2, 0) is 0 Å². The number of hydrogen-bond acceptors (Lipinski definition) is 3. The van der Waals surface area contributed by atoms with Crippen molar-refractivity contribution in [2.75, 3.05) is 18.5 Å². The molecule has 0 aromatic heterocycles. The molecule has 0 aliphatic carbocycles. The first-order valence-corrected chi connectivity index (χ1v) is 4.88. The van der Waals surface area contributed by atoms with Gasteiger partial charge in [0.25, 0.3) is 0 Å². The Labute approximate surface area is 89.1 Å². The van der Waals surface area contributed by atoms with E-state index in [1.54, 1.807) is 18.2 Å². The van der Waals surface area contributed by atoms with E-state index in [9.17, 15) is 4.79 Å². The van der Waals surface area contributed by atoms with Crippen LogP contribution >= 0.6 is 0 Å². The quantitative estimate of drug-likeness (QED) is 0.670. The third-order valence-corrected chi connectivity index (χ3v) is 2.11. The number of anilines is 1. The van der Waals surface area contributed by atoms with Gasteiger partial charge in [0.15, 0.2) is 0 Å². The first kappa shape index (κ1) is 11.5. The Bertz CT molecular complexity index is 339. The summed E-state index contributed by atoms with van der Waals surface area (Å²) in [7, 11) is 0. The van der Waals surface area contributed by atoms with Gasteiger partial charge < -0.3 is 16.2 Å². The van der Waals surface area contributed by atoms with Gasteiger partial charge in [-0.25, -0.2) is 0 Å². The number of aliphatic hydroxyl groups excluding tert-OH is 1. The first-order chi connectivity index (χ1) is 7.13. The normalized spacial score (nSPS) is 12.1. The molecule has 0 heterocycles. The van der Waals surface area contributed by atoms with Crippen molar-refractivity contribution in [3.8, 4) is 0 Å². The van der Waals surface area contributed by atoms with Gasteiger partial charge >= 0.3 is 0 Å². The Morgan fingerprint density at radius 2 is 2.33 bits per heavy atom. The van der Waals surface area contributed by atoms with Crippen molar-refractivity contribution < 1.29 is 9.90 Å². The standard InChI is InChI=1S/C11H16N2O2/c1-8(7-14)6-13-10-4-2-3-9(5-10)11(12)15/h2-5,8,13-14H,6-7H2,1H3,(H2,12,15). The molecule has 0 saturated carbocycles. The Kier molecular flexibility index (Phi) is 4.12. The molecule has 4 nitrogen and oxygen atoms in total. The average molecular weight is 208 g/mol. The van der Waals surface area contributed by atoms with Gasteiger partial charge in [0.2, 0.25) is 5.91 Å². The fourth-order valence-electron chi connectivity index (χ4n) is 1.14. The topological polar surface area (TPSA) is 75.3 Å². The lowest BCUT2D eigenvalue weighted by Crippen LogP contribution is -2.15. The monoisotopic (exact) mass is 208 g/mol. The zero-order chi connectivity index (χ0) is 11.3. The van der Waals surface area contributed by atoms with Gasteiger partial charge in [-0.15, -0.1) is 0 Å². The van der Waals surface area contributed by atoms with Gasteiger partial charge in [-0.05, 0) is 24.1 Å². The van der Waals surface area contributed by atoms with Crippen molar-refractivity contribution in [2.45, 2.75) is 6.92 Å². The number of amides is 1. The molecule has 0 spiro atoms. The summed E-state index contributed by atoms with van der Waals surface area (Å²) >= 11 is 0. The smallest absolute Gasteiger partial charge is 0.248 e. The highest BCUT2D eigenvalue weighted by molar-refractivity contribution is 5.93. The first-order valence-electron chi connectivity index (χ1n) is 4.88. The summed E-state index contributed by atoms with van der Waals surface area (Å²) in [4.78, 5) is 10.9. The van der Waals surface area contributed by atoms with Crippen LogP contribution in [-0.4, -0.2) is 24.2 Å². The van der Waals surface area contributed by atoms with Gasteiger partial charge in [-0.2, -0.15) is 0 Å². The van der Waals surface area contributed by atoms with Crippen LogP contribution in [0.1, 0.15) is 17.3 Å². The number of rotatable bonds is 5. The molecule has 1 aromatic rings. The predicted molar refractivity (Wildman–Crippen MR) is 59.7 cm³/mol. The van der Waals surface area contributed by atoms with Crippen LogP contribution in [0.25, 0.3) is 0 Å². The Hall–Kier alpha value is -1.55. The van der Waals surface area contributed by atoms with Gasteiger partial charge in [-0.1, -0.05) is 13.0 Å². The molecule has 0 bridgehead atoms. The molecule has 0 fully saturated rings. The molecule has 1 unspecified atom stereocenters. The van der Waals surface area contributed by atoms with Gasteiger partial charge in [0.1, 0.15) is 0 Å². The molecule has 1 rings (SSSR count). The molecule has 1 atom stereocenters. The Morgan fingerprint density at radius 1 is 1.60 bits per heavy atom. The maximum Gasteiger partial charge on any atom is 0.248 e. The third kappa shape index (κ3) is 3.59. The summed E-state index contributed by atoms with van der Waals surface area (Å²) in [6.45, 7) is 2.74. The number of carbonyl (C=O) groups is 1. The molecule has 15 heavy (non-hydrogen) atoms. The van der Waals surface area contributed by atoms with Crippen molar-refractivity contribution in [3.63, 3.8) is 0 Å². The molecular weight excluding hydrogens is 192 g/mol. The van der Waals surface area contributed by atoms with Crippen LogP contribution in [0.4, 0.5) is 5.69 Å². The van der Waals surface area contributed by atoms with E-state index in [-0.39, 0.29) is 12.5 Å². The molecule has 4 N–H and O–H groups in total. The van der Waals surface area contributed by atoms with Crippen LogP contribution in [0.3, 0.4) is 0 Å². The van der Waals surface area contributed by atoms with Crippen molar-refractivity contribution >= 4 is 11.6 Å². The van der Waals surface area contributed by atoms with Gasteiger partial charge in [-0.3, -0.25) is 4.79 Å². The number of aliphatic hydroxyl groups is 1. The average Bonchev–Trinajstić information content (AvgIpc) is 2.26. The van der Waals surface area contributed by atoms with Crippen LogP contribution < -0.4 is 11.1 Å². The summed E-state index contributed by atoms with van der Waals surface area (Å²) in [5.41, 5.74) is 6.48. The second-order valence-electron chi connectivity index (χ2n) is 3.61. The minimum Gasteiger partial charge on any atom is -0.396 e. The predicted octanol–water partition coefficient (Wildman–Crippen LogP) is 0.826. The summed E-state index contributed by atoms with van der Waals surface area (Å²) in [5, 5.41) is 12.0.